The van der Waals surface area contributed by atoms with Crippen LogP contribution in [0.15, 0.2) is 53.8 Å². The highest BCUT2D eigenvalue weighted by molar-refractivity contribution is 5.83. The van der Waals surface area contributed by atoms with Gasteiger partial charge in [0.1, 0.15) is 5.69 Å². The molecule has 0 radical (unpaired) electrons. The average molecular weight is 227 g/mol. The third-order valence-corrected chi connectivity index (χ3v) is 1.99. The molecule has 1 aromatic carbocycles. The zero-order valence-electron chi connectivity index (χ0n) is 10.2. The van der Waals surface area contributed by atoms with Gasteiger partial charge in [-0.25, -0.2) is 0 Å². The highest BCUT2D eigenvalue weighted by Crippen LogP contribution is 2.18. The number of hydrogen-bond donors (Lipinski definition) is 1. The Morgan fingerprint density at radius 3 is 2.47 bits per heavy atom. The first kappa shape index (κ1) is 12.9. The first-order chi connectivity index (χ1) is 8.36. The highest BCUT2D eigenvalue weighted by atomic mass is 14.8. The third-order valence-electron chi connectivity index (χ3n) is 1.99. The summed E-state index contributed by atoms with van der Waals surface area (Å²) in [6, 6.07) is 11.6. The van der Waals surface area contributed by atoms with Crippen molar-refractivity contribution in [1.82, 2.24) is 4.98 Å². The molecule has 2 rings (SSSR count). The van der Waals surface area contributed by atoms with Crippen molar-refractivity contribution >= 4 is 17.6 Å². The van der Waals surface area contributed by atoms with Crippen molar-refractivity contribution in [3.8, 4) is 0 Å². The van der Waals surface area contributed by atoms with Crippen molar-refractivity contribution in [2.45, 2.75) is 13.8 Å². The Morgan fingerprint density at radius 2 is 1.82 bits per heavy atom. The van der Waals surface area contributed by atoms with Crippen molar-refractivity contribution < 1.29 is 0 Å². The standard InChI is InChI=1S/C12H11N3.C2H6/c13-11-6-7-14-9-12(11)15-8-10-4-2-1-3-5-10;1-2/h1-9H,(H2,13,14);1-2H3. The molecule has 0 fully saturated rings. The molecule has 0 atom stereocenters. The van der Waals surface area contributed by atoms with Crippen LogP contribution in [0.5, 0.6) is 0 Å². The van der Waals surface area contributed by atoms with Gasteiger partial charge in [0, 0.05) is 12.4 Å². The van der Waals surface area contributed by atoms with Gasteiger partial charge in [0.2, 0.25) is 0 Å². The monoisotopic (exact) mass is 227 g/mol. The van der Waals surface area contributed by atoms with Gasteiger partial charge in [-0.1, -0.05) is 44.2 Å². The van der Waals surface area contributed by atoms with E-state index in [1.807, 2.05) is 44.2 Å². The minimum absolute atomic E-state index is 0.636. The van der Waals surface area contributed by atoms with E-state index in [1.165, 1.54) is 0 Å². The fourth-order valence-corrected chi connectivity index (χ4v) is 1.19. The summed E-state index contributed by atoms with van der Waals surface area (Å²) in [5.74, 6) is 0. The second-order valence-electron chi connectivity index (χ2n) is 3.10. The minimum atomic E-state index is 0.636. The van der Waals surface area contributed by atoms with E-state index in [0.717, 1.165) is 5.56 Å². The molecule has 0 aliphatic heterocycles. The second-order valence-corrected chi connectivity index (χ2v) is 3.10. The predicted molar refractivity (Wildman–Crippen MR) is 73.7 cm³/mol. The Balaban J connectivity index is 0.000000686. The van der Waals surface area contributed by atoms with Gasteiger partial charge >= 0.3 is 0 Å². The maximum Gasteiger partial charge on any atom is 0.104 e. The van der Waals surface area contributed by atoms with Crippen LogP contribution in [-0.4, -0.2) is 11.2 Å². The van der Waals surface area contributed by atoms with Gasteiger partial charge in [-0.05, 0) is 11.6 Å². The molecule has 2 aromatic rings. The van der Waals surface area contributed by atoms with E-state index < -0.39 is 0 Å². The van der Waals surface area contributed by atoms with Gasteiger partial charge in [-0.15, -0.1) is 0 Å². The molecule has 0 unspecified atom stereocenters. The molecule has 1 aromatic heterocycles. The Morgan fingerprint density at radius 1 is 1.12 bits per heavy atom. The molecule has 0 saturated heterocycles. The van der Waals surface area contributed by atoms with Crippen LogP contribution in [0.4, 0.5) is 11.4 Å². The number of aromatic nitrogens is 1. The number of pyridine rings is 1. The molecular formula is C14H17N3. The van der Waals surface area contributed by atoms with E-state index in [4.69, 9.17) is 5.73 Å². The summed E-state index contributed by atoms with van der Waals surface area (Å²) in [5, 5.41) is 0. The summed E-state index contributed by atoms with van der Waals surface area (Å²) in [6.45, 7) is 4.00. The van der Waals surface area contributed by atoms with Crippen molar-refractivity contribution in [3.63, 3.8) is 0 Å². The molecule has 0 aliphatic carbocycles. The van der Waals surface area contributed by atoms with Crippen LogP contribution in [0.1, 0.15) is 19.4 Å². The first-order valence-electron chi connectivity index (χ1n) is 5.65. The maximum absolute atomic E-state index is 5.73. The number of aliphatic imine (C=N–C) groups is 1. The molecule has 0 saturated carbocycles. The van der Waals surface area contributed by atoms with E-state index in [1.54, 1.807) is 24.7 Å². The van der Waals surface area contributed by atoms with Crippen molar-refractivity contribution in [1.29, 1.82) is 0 Å². The zero-order valence-corrected chi connectivity index (χ0v) is 10.2. The molecule has 0 aliphatic rings. The summed E-state index contributed by atoms with van der Waals surface area (Å²) < 4.78 is 0. The third kappa shape index (κ3) is 4.07. The van der Waals surface area contributed by atoms with Crippen LogP contribution < -0.4 is 5.73 Å². The molecule has 0 spiro atoms. The van der Waals surface area contributed by atoms with Crippen LogP contribution in [0.3, 0.4) is 0 Å². The van der Waals surface area contributed by atoms with Crippen LogP contribution in [0, 0.1) is 0 Å². The van der Waals surface area contributed by atoms with Gasteiger partial charge in [0.25, 0.3) is 0 Å². The highest BCUT2D eigenvalue weighted by Gasteiger charge is 1.93. The molecular weight excluding hydrogens is 210 g/mol. The van der Waals surface area contributed by atoms with Crippen molar-refractivity contribution in [2.75, 3.05) is 5.73 Å². The lowest BCUT2D eigenvalue weighted by Gasteiger charge is -1.97. The lowest BCUT2D eigenvalue weighted by molar-refractivity contribution is 1.31. The van der Waals surface area contributed by atoms with Crippen LogP contribution >= 0.6 is 0 Å². The number of anilines is 1. The lowest BCUT2D eigenvalue weighted by Crippen LogP contribution is -1.86. The van der Waals surface area contributed by atoms with Crippen LogP contribution in [-0.2, 0) is 0 Å². The largest absolute Gasteiger partial charge is 0.397 e. The number of benzene rings is 1. The number of hydrogen-bond acceptors (Lipinski definition) is 3. The summed E-state index contributed by atoms with van der Waals surface area (Å²) >= 11 is 0. The van der Waals surface area contributed by atoms with Crippen molar-refractivity contribution in [2.24, 2.45) is 4.99 Å². The second kappa shape index (κ2) is 7.17. The summed E-state index contributed by atoms with van der Waals surface area (Å²) in [5.41, 5.74) is 8.11. The topological polar surface area (TPSA) is 51.3 Å². The first-order valence-corrected chi connectivity index (χ1v) is 5.65. The molecule has 3 nitrogen and oxygen atoms in total. The minimum Gasteiger partial charge on any atom is -0.397 e. The van der Waals surface area contributed by atoms with Crippen LogP contribution in [0.25, 0.3) is 0 Å². The number of nitrogens with two attached hydrogens (primary N) is 1. The van der Waals surface area contributed by atoms with Gasteiger partial charge in [0.15, 0.2) is 0 Å². The van der Waals surface area contributed by atoms with E-state index >= 15 is 0 Å². The molecule has 2 N–H and O–H groups in total. The van der Waals surface area contributed by atoms with Gasteiger partial charge in [-0.3, -0.25) is 9.98 Å². The summed E-state index contributed by atoms with van der Waals surface area (Å²) in [4.78, 5) is 8.23. The fraction of sp³-hybridized carbons (Fsp3) is 0.143. The lowest BCUT2D eigenvalue weighted by atomic mass is 10.2. The Labute approximate surface area is 102 Å². The smallest absolute Gasteiger partial charge is 0.104 e. The number of nitrogen functional groups attached to an aromatic ring is 1. The molecule has 0 bridgehead atoms. The predicted octanol–water partition coefficient (Wildman–Crippen LogP) is 3.44. The molecule has 0 amide bonds. The zero-order chi connectivity index (χ0) is 12.5. The molecule has 17 heavy (non-hydrogen) atoms. The molecule has 3 heteroatoms. The van der Waals surface area contributed by atoms with E-state index in [9.17, 15) is 0 Å². The summed E-state index contributed by atoms with van der Waals surface area (Å²) in [7, 11) is 0. The van der Waals surface area contributed by atoms with Gasteiger partial charge in [-0.2, -0.15) is 0 Å². The van der Waals surface area contributed by atoms with Gasteiger partial charge < -0.3 is 5.73 Å². The van der Waals surface area contributed by atoms with Crippen molar-refractivity contribution in [3.05, 3.63) is 54.4 Å². The number of rotatable bonds is 2. The van der Waals surface area contributed by atoms with E-state index in [-0.39, 0.29) is 0 Å². The maximum atomic E-state index is 5.73. The van der Waals surface area contributed by atoms with E-state index in [0.29, 0.717) is 11.4 Å². The molecule has 88 valence electrons. The number of nitrogens with zero attached hydrogens (tertiary/aromatic N) is 2. The normalized spacial score (nSPS) is 9.76. The Hall–Kier alpha value is -2.16. The van der Waals surface area contributed by atoms with Crippen LogP contribution in [0.2, 0.25) is 0 Å². The van der Waals surface area contributed by atoms with Gasteiger partial charge in [0.05, 0.1) is 11.9 Å². The quantitative estimate of drug-likeness (QED) is 0.799. The van der Waals surface area contributed by atoms with E-state index in [2.05, 4.69) is 9.98 Å². The average Bonchev–Trinajstić information content (AvgIpc) is 2.41. The summed E-state index contributed by atoms with van der Waals surface area (Å²) in [6.07, 6.45) is 5.07. The molecule has 1 heterocycles. The Kier molecular flexibility index (Phi) is 5.44. The Bertz CT molecular complexity index is 464. The fourth-order valence-electron chi connectivity index (χ4n) is 1.19. The SMILES string of the molecule is CC.Nc1ccncc1N=Cc1ccccc1.